The van der Waals surface area contributed by atoms with Crippen LogP contribution < -0.4 is 0 Å². The van der Waals surface area contributed by atoms with Crippen molar-refractivity contribution in [2.45, 2.75) is 26.5 Å². The average molecular weight is 418 g/mol. The Balaban J connectivity index is 2.40. The third-order valence-corrected chi connectivity index (χ3v) is 5.24. The van der Waals surface area contributed by atoms with Crippen LogP contribution in [0, 0.1) is 13.8 Å². The van der Waals surface area contributed by atoms with Crippen molar-refractivity contribution in [2.75, 3.05) is 13.7 Å². The fourth-order valence-electron chi connectivity index (χ4n) is 2.29. The first kappa shape index (κ1) is 16.7. The molecule has 21 heavy (non-hydrogen) atoms. The highest BCUT2D eigenvalue weighted by molar-refractivity contribution is 9.10. The smallest absolute Gasteiger partial charge is 0.122 e. The van der Waals surface area contributed by atoms with Crippen LogP contribution in [-0.4, -0.2) is 28.6 Å². The lowest BCUT2D eigenvalue weighted by Crippen LogP contribution is -2.14. The Labute approximate surface area is 141 Å². The number of aliphatic hydroxyl groups is 1. The molecular formula is C15H18Br2N2O2. The molecule has 4 nitrogen and oxygen atoms in total. The summed E-state index contributed by atoms with van der Waals surface area (Å²) in [6, 6.07) is 3.98. The highest BCUT2D eigenvalue weighted by atomic mass is 79.9. The first-order chi connectivity index (χ1) is 9.95. The molecule has 0 spiro atoms. The topological polar surface area (TPSA) is 47.3 Å². The molecule has 0 saturated heterocycles. The number of aryl methyl sites for hydroxylation is 2. The van der Waals surface area contributed by atoms with Crippen molar-refractivity contribution < 1.29 is 9.84 Å². The molecular weight excluding hydrogens is 400 g/mol. The molecule has 0 saturated carbocycles. The fourth-order valence-corrected chi connectivity index (χ4v) is 3.04. The molecule has 0 aliphatic rings. The molecule has 1 aromatic heterocycles. The van der Waals surface area contributed by atoms with Gasteiger partial charge in [-0.15, -0.1) is 0 Å². The van der Waals surface area contributed by atoms with Gasteiger partial charge in [0, 0.05) is 11.6 Å². The predicted octanol–water partition coefficient (Wildman–Crippen LogP) is 3.75. The van der Waals surface area contributed by atoms with E-state index in [0.29, 0.717) is 13.2 Å². The van der Waals surface area contributed by atoms with Gasteiger partial charge in [-0.05, 0) is 46.5 Å². The summed E-state index contributed by atoms with van der Waals surface area (Å²) in [5, 5.41) is 15.0. The Bertz CT molecular complexity index is 618. The summed E-state index contributed by atoms with van der Waals surface area (Å²) in [5.74, 6) is 0. The van der Waals surface area contributed by atoms with E-state index in [1.54, 1.807) is 18.0 Å². The zero-order chi connectivity index (χ0) is 15.6. The SMILES string of the molecule is COCCn1ncc(Br)c1C(O)c1cc(C)c(Br)c(C)c1. The maximum absolute atomic E-state index is 10.7. The third kappa shape index (κ3) is 3.56. The van der Waals surface area contributed by atoms with Gasteiger partial charge in [-0.2, -0.15) is 5.10 Å². The minimum atomic E-state index is -0.732. The molecule has 2 rings (SSSR count). The lowest BCUT2D eigenvalue weighted by atomic mass is 10.0. The summed E-state index contributed by atoms with van der Waals surface area (Å²) >= 11 is 7.01. The maximum Gasteiger partial charge on any atom is 0.122 e. The van der Waals surface area contributed by atoms with Crippen molar-refractivity contribution >= 4 is 31.9 Å². The van der Waals surface area contributed by atoms with Gasteiger partial charge in [0.15, 0.2) is 0 Å². The Morgan fingerprint density at radius 3 is 2.48 bits per heavy atom. The summed E-state index contributed by atoms with van der Waals surface area (Å²) in [5.41, 5.74) is 3.80. The quantitative estimate of drug-likeness (QED) is 0.805. The molecule has 6 heteroatoms. The number of hydrogen-bond donors (Lipinski definition) is 1. The monoisotopic (exact) mass is 416 g/mol. The Kier molecular flexibility index (Phi) is 5.60. The van der Waals surface area contributed by atoms with E-state index in [0.717, 1.165) is 31.3 Å². The van der Waals surface area contributed by atoms with Crippen LogP contribution in [0.4, 0.5) is 0 Å². The summed E-state index contributed by atoms with van der Waals surface area (Å²) in [4.78, 5) is 0. The Morgan fingerprint density at radius 1 is 1.29 bits per heavy atom. The van der Waals surface area contributed by atoms with Crippen molar-refractivity contribution in [2.24, 2.45) is 0 Å². The van der Waals surface area contributed by atoms with Crippen molar-refractivity contribution in [3.05, 3.63) is 49.7 Å². The van der Waals surface area contributed by atoms with Gasteiger partial charge in [-0.1, -0.05) is 28.1 Å². The van der Waals surface area contributed by atoms with Gasteiger partial charge in [0.25, 0.3) is 0 Å². The van der Waals surface area contributed by atoms with Gasteiger partial charge in [0.1, 0.15) is 6.10 Å². The first-order valence-electron chi connectivity index (χ1n) is 6.60. The lowest BCUT2D eigenvalue weighted by Gasteiger charge is -2.16. The number of ether oxygens (including phenoxy) is 1. The van der Waals surface area contributed by atoms with Gasteiger partial charge in [-0.3, -0.25) is 4.68 Å². The van der Waals surface area contributed by atoms with Crippen molar-refractivity contribution in [1.82, 2.24) is 9.78 Å². The Hall–Kier alpha value is -0.690. The summed E-state index contributed by atoms with van der Waals surface area (Å²) < 4.78 is 8.72. The molecule has 0 fully saturated rings. The van der Waals surface area contributed by atoms with Crippen LogP contribution in [0.3, 0.4) is 0 Å². The van der Waals surface area contributed by atoms with Gasteiger partial charge in [0.2, 0.25) is 0 Å². The molecule has 2 aromatic rings. The van der Waals surface area contributed by atoms with E-state index in [-0.39, 0.29) is 0 Å². The number of rotatable bonds is 5. The van der Waals surface area contributed by atoms with Crippen LogP contribution in [0.15, 0.2) is 27.3 Å². The van der Waals surface area contributed by atoms with Crippen LogP contribution in [0.25, 0.3) is 0 Å². The number of aliphatic hydroxyl groups excluding tert-OH is 1. The molecule has 0 aliphatic carbocycles. The third-order valence-electron chi connectivity index (χ3n) is 3.37. The second-order valence-electron chi connectivity index (χ2n) is 4.96. The molecule has 0 radical (unpaired) electrons. The summed E-state index contributed by atoms with van der Waals surface area (Å²) in [7, 11) is 1.65. The zero-order valence-corrected chi connectivity index (χ0v) is 15.4. The first-order valence-corrected chi connectivity index (χ1v) is 8.19. The molecule has 1 heterocycles. The number of aromatic nitrogens is 2. The number of halogens is 2. The maximum atomic E-state index is 10.7. The molecule has 114 valence electrons. The number of nitrogens with zero attached hydrogens (tertiary/aromatic N) is 2. The largest absolute Gasteiger partial charge is 0.383 e. The van der Waals surface area contributed by atoms with Gasteiger partial charge in [0.05, 0.1) is 29.5 Å². The average Bonchev–Trinajstić information content (AvgIpc) is 2.82. The standard InChI is InChI=1S/C15H18Br2N2O2/c1-9-6-11(7-10(2)13(9)17)15(20)14-12(16)8-18-19(14)4-5-21-3/h6-8,15,20H,4-5H2,1-3H3. The van der Waals surface area contributed by atoms with E-state index in [4.69, 9.17) is 4.74 Å². The minimum Gasteiger partial charge on any atom is -0.383 e. The van der Waals surface area contributed by atoms with Gasteiger partial charge >= 0.3 is 0 Å². The van der Waals surface area contributed by atoms with E-state index in [1.807, 2.05) is 26.0 Å². The van der Waals surface area contributed by atoms with Gasteiger partial charge < -0.3 is 9.84 Å². The van der Waals surface area contributed by atoms with Crippen molar-refractivity contribution in [3.8, 4) is 0 Å². The molecule has 0 amide bonds. The number of methoxy groups -OCH3 is 1. The van der Waals surface area contributed by atoms with Crippen molar-refractivity contribution in [3.63, 3.8) is 0 Å². The van der Waals surface area contributed by atoms with E-state index < -0.39 is 6.10 Å². The second-order valence-corrected chi connectivity index (χ2v) is 6.61. The fraction of sp³-hybridized carbons (Fsp3) is 0.400. The summed E-state index contributed by atoms with van der Waals surface area (Å²) in [6.07, 6.45) is 0.969. The lowest BCUT2D eigenvalue weighted by molar-refractivity contribution is 0.171. The van der Waals surface area contributed by atoms with Gasteiger partial charge in [-0.25, -0.2) is 0 Å². The highest BCUT2D eigenvalue weighted by Gasteiger charge is 2.20. The molecule has 1 atom stereocenters. The van der Waals surface area contributed by atoms with Crippen LogP contribution in [0.2, 0.25) is 0 Å². The molecule has 1 unspecified atom stereocenters. The van der Waals surface area contributed by atoms with E-state index in [9.17, 15) is 5.11 Å². The Morgan fingerprint density at radius 2 is 1.90 bits per heavy atom. The predicted molar refractivity (Wildman–Crippen MR) is 89.5 cm³/mol. The van der Waals surface area contributed by atoms with E-state index in [2.05, 4.69) is 37.0 Å². The minimum absolute atomic E-state index is 0.548. The molecule has 1 N–H and O–H groups in total. The van der Waals surface area contributed by atoms with Crippen LogP contribution >= 0.6 is 31.9 Å². The molecule has 0 bridgehead atoms. The van der Waals surface area contributed by atoms with Crippen molar-refractivity contribution in [1.29, 1.82) is 0 Å². The number of benzene rings is 1. The van der Waals surface area contributed by atoms with E-state index in [1.165, 1.54) is 0 Å². The number of hydrogen-bond acceptors (Lipinski definition) is 3. The highest BCUT2D eigenvalue weighted by Crippen LogP contribution is 2.32. The normalized spacial score (nSPS) is 12.7. The second kappa shape index (κ2) is 7.05. The van der Waals surface area contributed by atoms with E-state index >= 15 is 0 Å². The zero-order valence-electron chi connectivity index (χ0n) is 12.2. The summed E-state index contributed by atoms with van der Waals surface area (Å²) in [6.45, 7) is 5.18. The van der Waals surface area contributed by atoms with Crippen LogP contribution in [-0.2, 0) is 11.3 Å². The molecule has 1 aromatic carbocycles. The van der Waals surface area contributed by atoms with Crippen LogP contribution in [0.1, 0.15) is 28.5 Å². The van der Waals surface area contributed by atoms with Crippen LogP contribution in [0.5, 0.6) is 0 Å². The molecule has 0 aliphatic heterocycles.